The van der Waals surface area contributed by atoms with Crippen LogP contribution in [0.15, 0.2) is 48.3 Å². The molecule has 2 aromatic carbocycles. The topological polar surface area (TPSA) is 66.7 Å². The average molecular weight is 442 g/mol. The van der Waals surface area contributed by atoms with Crippen LogP contribution in [0.25, 0.3) is 10.9 Å². The fraction of sp³-hybridized carbons (Fsp3) is 0.240. The quantitative estimate of drug-likeness (QED) is 0.538. The van der Waals surface area contributed by atoms with Gasteiger partial charge in [0.25, 0.3) is 5.69 Å². The second kappa shape index (κ2) is 8.88. The number of ether oxygens (including phenoxy) is 1. The van der Waals surface area contributed by atoms with Crippen molar-refractivity contribution in [1.82, 2.24) is 15.3 Å². The third kappa shape index (κ3) is 4.23. The Balaban J connectivity index is 1.38. The fourth-order valence-electron chi connectivity index (χ4n) is 4.15. The van der Waals surface area contributed by atoms with Gasteiger partial charge in [-0.15, -0.1) is 0 Å². The third-order valence-corrected chi connectivity index (χ3v) is 5.81. The molecule has 1 aliphatic carbocycles. The molecule has 8 heteroatoms. The Morgan fingerprint density at radius 1 is 1.12 bits per heavy atom. The van der Waals surface area contributed by atoms with Gasteiger partial charge in [0.05, 0.1) is 6.57 Å². The molecule has 3 aromatic rings. The Morgan fingerprint density at radius 3 is 2.67 bits per heavy atom. The van der Waals surface area contributed by atoms with Gasteiger partial charge in [-0.2, -0.15) is 0 Å². The number of fused-ring (bicyclic) bond motifs is 1. The molecule has 1 aliphatic heterocycles. The van der Waals surface area contributed by atoms with E-state index in [2.05, 4.69) is 30.3 Å². The van der Waals surface area contributed by atoms with Gasteiger partial charge in [-0.25, -0.2) is 19.2 Å². The maximum Gasteiger partial charge on any atom is 0.288 e. The van der Waals surface area contributed by atoms with E-state index >= 15 is 0 Å². The molecule has 0 saturated carbocycles. The van der Waals surface area contributed by atoms with E-state index in [0.29, 0.717) is 11.4 Å². The Morgan fingerprint density at radius 2 is 1.91 bits per heavy atom. The number of halogens is 1. The number of nitrogens with one attached hydrogen (secondary N) is 2. The zero-order chi connectivity index (χ0) is 22.8. The van der Waals surface area contributed by atoms with Gasteiger partial charge in [-0.1, -0.05) is 17.7 Å². The van der Waals surface area contributed by atoms with Crippen LogP contribution in [0.5, 0.6) is 11.6 Å². The van der Waals surface area contributed by atoms with Crippen LogP contribution in [0.1, 0.15) is 18.1 Å². The van der Waals surface area contributed by atoms with Gasteiger partial charge in [0, 0.05) is 43.1 Å². The minimum Gasteiger partial charge on any atom is -0.446 e. The standard InChI is InChI=1S/C25H23FN6O/c1-16-13-17-3-8-21(22(26)20(17)14-16)33-25-23(27-2)24(29-15-30-25)31-18-4-6-19(7-5-18)32-11-9-28-10-12-32/h3-8,14-15,28H,9-13H2,1H3,(H,29,30,31). The molecule has 166 valence electrons. The van der Waals surface area contributed by atoms with Crippen LogP contribution in [0, 0.1) is 12.4 Å². The van der Waals surface area contributed by atoms with Crippen molar-refractivity contribution in [2.75, 3.05) is 36.4 Å². The van der Waals surface area contributed by atoms with Crippen LogP contribution in [-0.4, -0.2) is 36.1 Å². The van der Waals surface area contributed by atoms with E-state index < -0.39 is 5.82 Å². The Bertz CT molecular complexity index is 1260. The summed E-state index contributed by atoms with van der Waals surface area (Å²) in [6.45, 7) is 13.5. The first-order chi connectivity index (χ1) is 16.1. The van der Waals surface area contributed by atoms with E-state index in [4.69, 9.17) is 11.3 Å². The second-order valence-corrected chi connectivity index (χ2v) is 8.12. The fourth-order valence-corrected chi connectivity index (χ4v) is 4.15. The highest BCUT2D eigenvalue weighted by Gasteiger charge is 2.21. The van der Waals surface area contributed by atoms with Crippen molar-refractivity contribution in [3.8, 4) is 11.6 Å². The first kappa shape index (κ1) is 20.9. The van der Waals surface area contributed by atoms with Crippen LogP contribution in [0.4, 0.5) is 27.3 Å². The number of benzene rings is 2. The van der Waals surface area contributed by atoms with Gasteiger partial charge in [0.1, 0.15) is 12.1 Å². The number of anilines is 3. The third-order valence-electron chi connectivity index (χ3n) is 5.81. The van der Waals surface area contributed by atoms with E-state index in [0.717, 1.165) is 55.1 Å². The predicted molar refractivity (Wildman–Crippen MR) is 127 cm³/mol. The normalized spacial score (nSPS) is 14.9. The SMILES string of the molecule is [C-]#[N+]c1c(Nc2ccc(N3CCNCC3)cc2)ncnc1Oc1ccc2c(c1F)C=C(C)C2. The lowest BCUT2D eigenvalue weighted by Crippen LogP contribution is -2.43. The van der Waals surface area contributed by atoms with Crippen LogP contribution in [0.2, 0.25) is 0 Å². The zero-order valence-electron chi connectivity index (χ0n) is 18.2. The summed E-state index contributed by atoms with van der Waals surface area (Å²) in [6.07, 6.45) is 3.86. The summed E-state index contributed by atoms with van der Waals surface area (Å²) in [7, 11) is 0. The van der Waals surface area contributed by atoms with E-state index in [1.54, 1.807) is 6.07 Å². The van der Waals surface area contributed by atoms with Gasteiger partial charge in [0.2, 0.25) is 5.88 Å². The van der Waals surface area contributed by atoms with Crippen LogP contribution in [-0.2, 0) is 6.42 Å². The Hall–Kier alpha value is -3.96. The van der Waals surface area contributed by atoms with Crippen molar-refractivity contribution >= 4 is 29.0 Å². The first-order valence-corrected chi connectivity index (χ1v) is 10.8. The lowest BCUT2D eigenvalue weighted by Gasteiger charge is -2.29. The molecule has 2 aliphatic rings. The van der Waals surface area contributed by atoms with Crippen molar-refractivity contribution in [3.63, 3.8) is 0 Å². The average Bonchev–Trinajstić information content (AvgIpc) is 3.23. The molecular weight excluding hydrogens is 419 g/mol. The zero-order valence-corrected chi connectivity index (χ0v) is 18.2. The Labute approximate surface area is 191 Å². The molecule has 0 amide bonds. The largest absolute Gasteiger partial charge is 0.446 e. The van der Waals surface area contributed by atoms with Crippen molar-refractivity contribution < 1.29 is 9.13 Å². The van der Waals surface area contributed by atoms with Gasteiger partial charge in [0.15, 0.2) is 11.6 Å². The highest BCUT2D eigenvalue weighted by Crippen LogP contribution is 2.39. The van der Waals surface area contributed by atoms with Crippen molar-refractivity contribution in [2.24, 2.45) is 0 Å². The number of hydrogen-bond donors (Lipinski definition) is 2. The molecule has 0 atom stereocenters. The lowest BCUT2D eigenvalue weighted by molar-refractivity contribution is 0.428. The first-order valence-electron chi connectivity index (χ1n) is 10.8. The molecule has 1 fully saturated rings. The summed E-state index contributed by atoms with van der Waals surface area (Å²) in [5, 5.41) is 6.51. The van der Waals surface area contributed by atoms with Crippen LogP contribution < -0.4 is 20.3 Å². The van der Waals surface area contributed by atoms with Gasteiger partial charge < -0.3 is 20.3 Å². The predicted octanol–water partition coefficient (Wildman–Crippen LogP) is 5.07. The number of allylic oxidation sites excluding steroid dienone is 1. The summed E-state index contributed by atoms with van der Waals surface area (Å²) in [4.78, 5) is 14.2. The van der Waals surface area contributed by atoms with Crippen molar-refractivity contribution in [1.29, 1.82) is 0 Å². The molecule has 2 heterocycles. The maximum absolute atomic E-state index is 15.0. The summed E-state index contributed by atoms with van der Waals surface area (Å²) in [5.74, 6) is -0.0914. The summed E-state index contributed by atoms with van der Waals surface area (Å²) < 4.78 is 20.7. The van der Waals surface area contributed by atoms with E-state index in [-0.39, 0.29) is 17.3 Å². The lowest BCUT2D eigenvalue weighted by atomic mass is 10.1. The van der Waals surface area contributed by atoms with E-state index in [1.807, 2.05) is 43.3 Å². The maximum atomic E-state index is 15.0. The summed E-state index contributed by atoms with van der Waals surface area (Å²) in [5.41, 5.74) is 4.58. The molecular formula is C25H23FN6O. The molecule has 1 saturated heterocycles. The molecule has 33 heavy (non-hydrogen) atoms. The minimum absolute atomic E-state index is 0.0116. The molecule has 2 N–H and O–H groups in total. The molecule has 0 bridgehead atoms. The molecule has 0 unspecified atom stereocenters. The highest BCUT2D eigenvalue weighted by molar-refractivity contribution is 5.76. The second-order valence-electron chi connectivity index (χ2n) is 8.12. The molecule has 0 radical (unpaired) electrons. The molecule has 1 aromatic heterocycles. The van der Waals surface area contributed by atoms with E-state index in [1.165, 1.54) is 6.33 Å². The molecule has 0 spiro atoms. The monoisotopic (exact) mass is 442 g/mol. The van der Waals surface area contributed by atoms with Crippen LogP contribution >= 0.6 is 0 Å². The van der Waals surface area contributed by atoms with Gasteiger partial charge >= 0.3 is 0 Å². The molecule has 5 rings (SSSR count). The number of rotatable bonds is 5. The smallest absolute Gasteiger partial charge is 0.288 e. The number of nitrogens with zero attached hydrogens (tertiary/aromatic N) is 4. The highest BCUT2D eigenvalue weighted by atomic mass is 19.1. The number of piperazine rings is 1. The summed E-state index contributed by atoms with van der Waals surface area (Å²) in [6, 6.07) is 11.4. The summed E-state index contributed by atoms with van der Waals surface area (Å²) >= 11 is 0. The van der Waals surface area contributed by atoms with E-state index in [9.17, 15) is 4.39 Å². The minimum atomic E-state index is -0.447. The van der Waals surface area contributed by atoms with Gasteiger partial charge in [-0.05, 0) is 49.2 Å². The number of hydrogen-bond acceptors (Lipinski definition) is 6. The molecule has 7 nitrogen and oxygen atoms in total. The number of aromatic nitrogens is 2. The van der Waals surface area contributed by atoms with Crippen LogP contribution in [0.3, 0.4) is 0 Å². The van der Waals surface area contributed by atoms with Crippen molar-refractivity contribution in [2.45, 2.75) is 13.3 Å². The Kier molecular flexibility index (Phi) is 5.63. The van der Waals surface area contributed by atoms with Crippen molar-refractivity contribution in [3.05, 3.63) is 76.7 Å². The van der Waals surface area contributed by atoms with Gasteiger partial charge in [-0.3, -0.25) is 0 Å².